The van der Waals surface area contributed by atoms with Crippen molar-refractivity contribution in [3.63, 3.8) is 0 Å². The number of carboxylic acid groups (broad SMARTS) is 1. The minimum absolute atomic E-state index is 0.0832. The smallest absolute Gasteiger partial charge is 0.308 e. The molecule has 138 valence electrons. The van der Waals surface area contributed by atoms with E-state index >= 15 is 0 Å². The van der Waals surface area contributed by atoms with Crippen LogP contribution < -0.4 is 5.32 Å². The van der Waals surface area contributed by atoms with Gasteiger partial charge in [-0.15, -0.1) is 0 Å². The van der Waals surface area contributed by atoms with Gasteiger partial charge in [0, 0.05) is 19.8 Å². The highest BCUT2D eigenvalue weighted by Gasteiger charge is 2.42. The van der Waals surface area contributed by atoms with Crippen LogP contribution in [0.1, 0.15) is 44.2 Å². The number of benzene rings is 1. The molecule has 0 aromatic heterocycles. The van der Waals surface area contributed by atoms with E-state index in [0.29, 0.717) is 32.5 Å². The predicted octanol–water partition coefficient (Wildman–Crippen LogP) is 2.91. The lowest BCUT2D eigenvalue weighted by atomic mass is 9.71. The van der Waals surface area contributed by atoms with E-state index in [1.807, 2.05) is 45.0 Å². The lowest BCUT2D eigenvalue weighted by Gasteiger charge is -2.37. The van der Waals surface area contributed by atoms with Crippen molar-refractivity contribution in [2.75, 3.05) is 19.8 Å². The van der Waals surface area contributed by atoms with Crippen LogP contribution in [0.2, 0.25) is 0 Å². The van der Waals surface area contributed by atoms with Crippen LogP contribution in [0.25, 0.3) is 0 Å². The second-order valence-electron chi connectivity index (χ2n) is 7.38. The number of aryl methyl sites for hydroxylation is 1. The standard InChI is InChI=1S/C20H29NO4/c1-14(2)12-16(18(22)23)13-21-19(24)20(8-10-25-11-9-20)17-7-5-4-6-15(17)3/h4-7,14,16H,8-13H2,1-3H3,(H,21,24)(H,22,23). The van der Waals surface area contributed by atoms with Crippen LogP contribution in [0.5, 0.6) is 0 Å². The molecule has 1 fully saturated rings. The zero-order chi connectivity index (χ0) is 18.4. The van der Waals surface area contributed by atoms with Crippen molar-refractivity contribution in [2.24, 2.45) is 11.8 Å². The number of aliphatic carboxylic acids is 1. The molecule has 1 amide bonds. The second kappa shape index (κ2) is 8.48. The van der Waals surface area contributed by atoms with Gasteiger partial charge in [0.1, 0.15) is 0 Å². The average molecular weight is 347 g/mol. The van der Waals surface area contributed by atoms with E-state index in [1.54, 1.807) is 0 Å². The van der Waals surface area contributed by atoms with Gasteiger partial charge in [0.05, 0.1) is 11.3 Å². The quantitative estimate of drug-likeness (QED) is 0.795. The molecule has 0 spiro atoms. The molecule has 1 aliphatic rings. The van der Waals surface area contributed by atoms with E-state index in [-0.39, 0.29) is 18.4 Å². The van der Waals surface area contributed by atoms with Crippen LogP contribution in [0, 0.1) is 18.8 Å². The second-order valence-corrected chi connectivity index (χ2v) is 7.38. The van der Waals surface area contributed by atoms with Crippen molar-refractivity contribution in [2.45, 2.75) is 45.4 Å². The van der Waals surface area contributed by atoms with Gasteiger partial charge in [0.15, 0.2) is 0 Å². The monoisotopic (exact) mass is 347 g/mol. The molecule has 0 saturated carbocycles. The van der Waals surface area contributed by atoms with Gasteiger partial charge in [-0.1, -0.05) is 38.1 Å². The normalized spacial score (nSPS) is 17.9. The Morgan fingerprint density at radius 1 is 1.24 bits per heavy atom. The van der Waals surface area contributed by atoms with Crippen molar-refractivity contribution < 1.29 is 19.4 Å². The van der Waals surface area contributed by atoms with E-state index in [2.05, 4.69) is 5.32 Å². The summed E-state index contributed by atoms with van der Waals surface area (Å²) >= 11 is 0. The number of hydrogen-bond donors (Lipinski definition) is 2. The first-order chi connectivity index (χ1) is 11.9. The van der Waals surface area contributed by atoms with Gasteiger partial charge in [-0.2, -0.15) is 0 Å². The fourth-order valence-electron chi connectivity index (χ4n) is 3.67. The van der Waals surface area contributed by atoms with Gasteiger partial charge < -0.3 is 15.2 Å². The maximum Gasteiger partial charge on any atom is 0.308 e. The number of hydrogen-bond acceptors (Lipinski definition) is 3. The molecule has 0 bridgehead atoms. The number of carboxylic acids is 1. The highest BCUT2D eigenvalue weighted by molar-refractivity contribution is 5.89. The van der Waals surface area contributed by atoms with E-state index < -0.39 is 17.3 Å². The first-order valence-corrected chi connectivity index (χ1v) is 9.02. The molecule has 25 heavy (non-hydrogen) atoms. The Bertz CT molecular complexity index is 605. The van der Waals surface area contributed by atoms with E-state index in [1.165, 1.54) is 0 Å². The Hall–Kier alpha value is -1.88. The molecule has 1 saturated heterocycles. The number of amides is 1. The SMILES string of the molecule is Cc1ccccc1C1(C(=O)NCC(CC(C)C)C(=O)O)CCOCC1. The topological polar surface area (TPSA) is 75.6 Å². The fraction of sp³-hybridized carbons (Fsp3) is 0.600. The number of nitrogens with one attached hydrogen (secondary N) is 1. The summed E-state index contributed by atoms with van der Waals surface area (Å²) < 4.78 is 5.48. The predicted molar refractivity (Wildman–Crippen MR) is 96.5 cm³/mol. The molecule has 0 aliphatic carbocycles. The number of rotatable bonds is 7. The summed E-state index contributed by atoms with van der Waals surface area (Å²) in [6.45, 7) is 7.24. The van der Waals surface area contributed by atoms with Crippen molar-refractivity contribution in [3.8, 4) is 0 Å². The summed E-state index contributed by atoms with van der Waals surface area (Å²) in [6, 6.07) is 7.93. The Kier molecular flexibility index (Phi) is 6.59. The fourth-order valence-corrected chi connectivity index (χ4v) is 3.67. The highest BCUT2D eigenvalue weighted by Crippen LogP contribution is 2.37. The molecule has 5 heteroatoms. The molecular formula is C20H29NO4. The summed E-state index contributed by atoms with van der Waals surface area (Å²) in [5.74, 6) is -1.23. The Morgan fingerprint density at radius 3 is 2.44 bits per heavy atom. The van der Waals surface area contributed by atoms with Crippen LogP contribution in [0.15, 0.2) is 24.3 Å². The summed E-state index contributed by atoms with van der Waals surface area (Å²) in [6.07, 6.45) is 1.79. The minimum Gasteiger partial charge on any atom is -0.481 e. The highest BCUT2D eigenvalue weighted by atomic mass is 16.5. The van der Waals surface area contributed by atoms with Gasteiger partial charge in [-0.05, 0) is 43.2 Å². The van der Waals surface area contributed by atoms with Crippen molar-refractivity contribution in [1.29, 1.82) is 0 Å². The molecule has 1 atom stereocenters. The number of carbonyl (C=O) groups excluding carboxylic acids is 1. The van der Waals surface area contributed by atoms with E-state index in [4.69, 9.17) is 4.74 Å². The summed E-state index contributed by atoms with van der Waals surface area (Å²) in [5.41, 5.74) is 1.47. The molecule has 2 N–H and O–H groups in total. The molecule has 1 aromatic carbocycles. The molecule has 5 nitrogen and oxygen atoms in total. The summed E-state index contributed by atoms with van der Waals surface area (Å²) in [5, 5.41) is 12.3. The van der Waals surface area contributed by atoms with Crippen LogP contribution in [0.3, 0.4) is 0 Å². The maximum atomic E-state index is 13.1. The van der Waals surface area contributed by atoms with Gasteiger partial charge in [-0.25, -0.2) is 0 Å². The third kappa shape index (κ3) is 4.60. The number of ether oxygens (including phenoxy) is 1. The van der Waals surface area contributed by atoms with E-state index in [0.717, 1.165) is 11.1 Å². The summed E-state index contributed by atoms with van der Waals surface area (Å²) in [4.78, 5) is 24.6. The lowest BCUT2D eigenvalue weighted by molar-refractivity contribution is -0.142. The van der Waals surface area contributed by atoms with Gasteiger partial charge >= 0.3 is 5.97 Å². The molecule has 1 heterocycles. The van der Waals surface area contributed by atoms with Crippen LogP contribution >= 0.6 is 0 Å². The van der Waals surface area contributed by atoms with E-state index in [9.17, 15) is 14.7 Å². The first-order valence-electron chi connectivity index (χ1n) is 9.02. The maximum absolute atomic E-state index is 13.1. The molecule has 1 aliphatic heterocycles. The van der Waals surface area contributed by atoms with Gasteiger partial charge in [0.25, 0.3) is 0 Å². The Morgan fingerprint density at radius 2 is 1.88 bits per heavy atom. The lowest BCUT2D eigenvalue weighted by Crippen LogP contribution is -2.50. The third-order valence-corrected chi connectivity index (χ3v) is 5.06. The Labute approximate surface area is 149 Å². The summed E-state index contributed by atoms with van der Waals surface area (Å²) in [7, 11) is 0. The number of carbonyl (C=O) groups is 2. The van der Waals surface area contributed by atoms with Gasteiger partial charge in [0.2, 0.25) is 5.91 Å². The van der Waals surface area contributed by atoms with Crippen LogP contribution in [-0.4, -0.2) is 36.7 Å². The first kappa shape index (κ1) is 19.4. The van der Waals surface area contributed by atoms with Crippen molar-refractivity contribution in [1.82, 2.24) is 5.32 Å². The van der Waals surface area contributed by atoms with Crippen molar-refractivity contribution in [3.05, 3.63) is 35.4 Å². The van der Waals surface area contributed by atoms with Crippen LogP contribution in [0.4, 0.5) is 0 Å². The van der Waals surface area contributed by atoms with Crippen LogP contribution in [-0.2, 0) is 19.7 Å². The zero-order valence-corrected chi connectivity index (χ0v) is 15.4. The molecule has 0 radical (unpaired) electrons. The van der Waals surface area contributed by atoms with Gasteiger partial charge in [-0.3, -0.25) is 9.59 Å². The third-order valence-electron chi connectivity index (χ3n) is 5.06. The molecule has 1 aromatic rings. The largest absolute Gasteiger partial charge is 0.481 e. The average Bonchev–Trinajstić information content (AvgIpc) is 2.58. The molecular weight excluding hydrogens is 318 g/mol. The minimum atomic E-state index is -0.856. The molecule has 2 rings (SSSR count). The Balaban J connectivity index is 2.19. The van der Waals surface area contributed by atoms with Crippen molar-refractivity contribution >= 4 is 11.9 Å². The zero-order valence-electron chi connectivity index (χ0n) is 15.4. The molecule has 1 unspecified atom stereocenters.